The minimum absolute atomic E-state index is 0.00380. The molecule has 4 heteroatoms. The number of amides is 1. The Hall–Kier alpha value is -2.88. The molecule has 0 unspecified atom stereocenters. The molecule has 0 spiro atoms. The molecular weight excluding hydrogens is 396 g/mol. The number of unbranched alkanes of at least 4 members (excludes halogenated alkanes) is 1. The predicted octanol–water partition coefficient (Wildman–Crippen LogP) is 6.14. The Morgan fingerprint density at radius 3 is 2.69 bits per heavy atom. The second-order valence-corrected chi connectivity index (χ2v) is 8.59. The Bertz CT molecular complexity index is 883. The number of nitrogens with zero attached hydrogens (tertiary/aromatic N) is 1. The van der Waals surface area contributed by atoms with E-state index in [1.54, 1.807) is 19.4 Å². The van der Waals surface area contributed by atoms with Gasteiger partial charge in [-0.25, -0.2) is 0 Å². The zero-order valence-electron chi connectivity index (χ0n) is 19.4. The quantitative estimate of drug-likeness (QED) is 0.306. The molecule has 1 heterocycles. The molecule has 0 radical (unpaired) electrons. The first kappa shape index (κ1) is 23.8. The van der Waals surface area contributed by atoms with E-state index in [2.05, 4.69) is 41.5 Å². The number of pyridine rings is 1. The maximum absolute atomic E-state index is 12.6. The van der Waals surface area contributed by atoms with E-state index in [0.717, 1.165) is 44.3 Å². The lowest BCUT2D eigenvalue weighted by atomic mass is 9.99. The summed E-state index contributed by atoms with van der Waals surface area (Å²) in [6, 6.07) is 12.5. The van der Waals surface area contributed by atoms with Gasteiger partial charge in [0.05, 0.1) is 7.11 Å². The monoisotopic (exact) mass is 432 g/mol. The fourth-order valence-electron chi connectivity index (χ4n) is 3.98. The van der Waals surface area contributed by atoms with Crippen molar-refractivity contribution in [3.05, 3.63) is 78.1 Å². The van der Waals surface area contributed by atoms with Crippen LogP contribution in [0.25, 0.3) is 5.57 Å². The van der Waals surface area contributed by atoms with Gasteiger partial charge in [-0.05, 0) is 85.8 Å². The molecule has 1 fully saturated rings. The van der Waals surface area contributed by atoms with Crippen LogP contribution in [0.5, 0.6) is 5.75 Å². The van der Waals surface area contributed by atoms with E-state index in [1.807, 2.05) is 30.5 Å². The topological polar surface area (TPSA) is 51.2 Å². The summed E-state index contributed by atoms with van der Waals surface area (Å²) >= 11 is 0. The van der Waals surface area contributed by atoms with E-state index in [4.69, 9.17) is 4.74 Å². The Labute approximate surface area is 192 Å². The summed E-state index contributed by atoms with van der Waals surface area (Å²) in [4.78, 5) is 16.8. The third kappa shape index (κ3) is 7.99. The molecule has 32 heavy (non-hydrogen) atoms. The van der Waals surface area contributed by atoms with Crippen LogP contribution < -0.4 is 10.1 Å². The third-order valence-electron chi connectivity index (χ3n) is 6.03. The van der Waals surface area contributed by atoms with Gasteiger partial charge in [-0.2, -0.15) is 0 Å². The molecule has 3 rings (SSSR count). The van der Waals surface area contributed by atoms with Gasteiger partial charge in [-0.3, -0.25) is 9.78 Å². The molecule has 1 saturated carbocycles. The first-order valence-electron chi connectivity index (χ1n) is 11.9. The van der Waals surface area contributed by atoms with Gasteiger partial charge in [0.2, 0.25) is 5.91 Å². The van der Waals surface area contributed by atoms with Crippen LogP contribution in [-0.2, 0) is 11.2 Å². The van der Waals surface area contributed by atoms with E-state index in [-0.39, 0.29) is 11.9 Å². The van der Waals surface area contributed by atoms with E-state index in [0.29, 0.717) is 5.92 Å². The number of hydrogen-bond acceptors (Lipinski definition) is 3. The van der Waals surface area contributed by atoms with Crippen molar-refractivity contribution in [2.75, 3.05) is 7.11 Å². The largest absolute Gasteiger partial charge is 0.497 e. The number of carbonyl (C=O) groups excluding carboxylic acids is 1. The summed E-state index contributed by atoms with van der Waals surface area (Å²) in [5, 5.41) is 3.25. The zero-order chi connectivity index (χ0) is 22.6. The second kappa shape index (κ2) is 12.8. The van der Waals surface area contributed by atoms with Gasteiger partial charge < -0.3 is 10.1 Å². The van der Waals surface area contributed by atoms with Gasteiger partial charge in [0.15, 0.2) is 0 Å². The number of benzene rings is 1. The minimum Gasteiger partial charge on any atom is -0.497 e. The van der Waals surface area contributed by atoms with Gasteiger partial charge in [0, 0.05) is 24.5 Å². The van der Waals surface area contributed by atoms with Gasteiger partial charge >= 0.3 is 0 Å². The van der Waals surface area contributed by atoms with Crippen molar-refractivity contribution < 1.29 is 9.53 Å². The zero-order valence-corrected chi connectivity index (χ0v) is 19.4. The van der Waals surface area contributed by atoms with Crippen molar-refractivity contribution in [3.63, 3.8) is 0 Å². The average Bonchev–Trinajstić information content (AvgIpc) is 3.67. The molecule has 1 aliphatic rings. The number of hydrogen-bond donors (Lipinski definition) is 1. The average molecular weight is 433 g/mol. The minimum atomic E-state index is 0.00380. The van der Waals surface area contributed by atoms with E-state index < -0.39 is 0 Å². The molecule has 1 N–H and O–H groups in total. The Morgan fingerprint density at radius 1 is 1.22 bits per heavy atom. The summed E-state index contributed by atoms with van der Waals surface area (Å²) in [7, 11) is 1.68. The third-order valence-corrected chi connectivity index (χ3v) is 6.03. The standard InChI is InChI=1S/C28H36N2O2/c1-3-4-10-23(24-16-18-26(32-2)19-17-24)11-6-13-28(31)30-27(25-14-15-25)12-5-8-22-9-7-20-29-21-22/h6-7,9,11,13,16-21,25,27H,3-5,8,10,12,14-15H2,1-2H3,(H,30,31)/b13-6+,23-11+/t27-/m1/s1. The number of methoxy groups -OCH3 is 1. The molecule has 4 nitrogen and oxygen atoms in total. The maximum Gasteiger partial charge on any atom is 0.244 e. The smallest absolute Gasteiger partial charge is 0.244 e. The molecule has 1 aromatic carbocycles. The van der Waals surface area contributed by atoms with Gasteiger partial charge in [-0.1, -0.05) is 43.7 Å². The van der Waals surface area contributed by atoms with Crippen LogP contribution >= 0.6 is 0 Å². The number of rotatable bonds is 13. The molecule has 0 saturated heterocycles. The van der Waals surface area contributed by atoms with Crippen molar-refractivity contribution in [3.8, 4) is 5.75 Å². The fraction of sp³-hybridized carbons (Fsp3) is 0.429. The van der Waals surface area contributed by atoms with Gasteiger partial charge in [-0.15, -0.1) is 0 Å². The lowest BCUT2D eigenvalue weighted by Crippen LogP contribution is -2.35. The van der Waals surface area contributed by atoms with Crippen molar-refractivity contribution in [2.24, 2.45) is 5.92 Å². The Balaban J connectivity index is 1.54. The number of carbonyl (C=O) groups is 1. The lowest BCUT2D eigenvalue weighted by Gasteiger charge is -2.17. The fourth-order valence-corrected chi connectivity index (χ4v) is 3.98. The van der Waals surface area contributed by atoms with Crippen LogP contribution in [0, 0.1) is 5.92 Å². The lowest BCUT2D eigenvalue weighted by molar-refractivity contribution is -0.117. The van der Waals surface area contributed by atoms with Gasteiger partial charge in [0.1, 0.15) is 5.75 Å². The summed E-state index contributed by atoms with van der Waals surface area (Å²) in [6.07, 6.45) is 18.2. The highest BCUT2D eigenvalue weighted by Gasteiger charge is 2.31. The van der Waals surface area contributed by atoms with E-state index in [9.17, 15) is 4.79 Å². The summed E-state index contributed by atoms with van der Waals surface area (Å²) in [5.74, 6) is 1.49. The Kier molecular flexibility index (Phi) is 9.55. The molecular formula is C28H36N2O2. The van der Waals surface area contributed by atoms with Crippen LogP contribution in [0.1, 0.15) is 63.0 Å². The van der Waals surface area contributed by atoms with E-state index >= 15 is 0 Å². The highest BCUT2D eigenvalue weighted by atomic mass is 16.5. The predicted molar refractivity (Wildman–Crippen MR) is 131 cm³/mol. The summed E-state index contributed by atoms with van der Waals surface area (Å²) < 4.78 is 5.27. The number of aromatic nitrogens is 1. The number of aryl methyl sites for hydroxylation is 1. The van der Waals surface area contributed by atoms with Crippen LogP contribution in [0.4, 0.5) is 0 Å². The normalized spacial score (nSPS) is 15.0. The number of ether oxygens (including phenoxy) is 1. The summed E-state index contributed by atoms with van der Waals surface area (Å²) in [5.41, 5.74) is 3.68. The molecule has 1 amide bonds. The first-order valence-corrected chi connectivity index (χ1v) is 11.9. The molecule has 0 aliphatic heterocycles. The Morgan fingerprint density at radius 2 is 2.03 bits per heavy atom. The van der Waals surface area contributed by atoms with Crippen molar-refractivity contribution in [1.82, 2.24) is 10.3 Å². The summed E-state index contributed by atoms with van der Waals surface area (Å²) in [6.45, 7) is 2.20. The van der Waals surface area contributed by atoms with Gasteiger partial charge in [0.25, 0.3) is 0 Å². The van der Waals surface area contributed by atoms with Crippen molar-refractivity contribution in [2.45, 2.75) is 64.3 Å². The number of nitrogens with one attached hydrogen (secondary N) is 1. The number of allylic oxidation sites excluding steroid dienone is 3. The van der Waals surface area contributed by atoms with Crippen molar-refractivity contribution in [1.29, 1.82) is 0 Å². The van der Waals surface area contributed by atoms with Crippen molar-refractivity contribution >= 4 is 11.5 Å². The molecule has 170 valence electrons. The molecule has 0 bridgehead atoms. The molecule has 1 aromatic heterocycles. The van der Waals surface area contributed by atoms with Crippen LogP contribution in [-0.4, -0.2) is 24.0 Å². The van der Waals surface area contributed by atoms with Crippen LogP contribution in [0.2, 0.25) is 0 Å². The molecule has 1 atom stereocenters. The van der Waals surface area contributed by atoms with Crippen LogP contribution in [0.3, 0.4) is 0 Å². The van der Waals surface area contributed by atoms with Crippen LogP contribution in [0.15, 0.2) is 67.0 Å². The second-order valence-electron chi connectivity index (χ2n) is 8.59. The first-order chi connectivity index (χ1) is 15.7. The highest BCUT2D eigenvalue weighted by molar-refractivity contribution is 5.88. The SMILES string of the molecule is CCCC/C(=C\C=C\C(=O)N[C@H](CCCc1cccnc1)C1CC1)c1ccc(OC)cc1. The maximum atomic E-state index is 12.6. The highest BCUT2D eigenvalue weighted by Crippen LogP contribution is 2.34. The molecule has 2 aromatic rings. The molecule has 1 aliphatic carbocycles. The van der Waals surface area contributed by atoms with E-state index in [1.165, 1.54) is 29.5 Å².